The molecule has 1 aliphatic rings. The standard InChI is InChI=1S/C16H21NO2/c1-3-4-5-9-17-10-11-19-16(13-17)14-7-6-8-15(12-14)18-2/h6-8,12,16H,5,9-11,13H2,1-2H3/t16-/m0/s1. The summed E-state index contributed by atoms with van der Waals surface area (Å²) >= 11 is 0. The smallest absolute Gasteiger partial charge is 0.119 e. The van der Waals surface area contributed by atoms with Gasteiger partial charge in [0.2, 0.25) is 0 Å². The maximum atomic E-state index is 5.87. The lowest BCUT2D eigenvalue weighted by Crippen LogP contribution is -2.38. The quantitative estimate of drug-likeness (QED) is 0.775. The maximum Gasteiger partial charge on any atom is 0.119 e. The van der Waals surface area contributed by atoms with Crippen LogP contribution in [0.1, 0.15) is 25.0 Å². The molecule has 0 spiro atoms. The molecule has 3 heteroatoms. The molecule has 1 aromatic carbocycles. The van der Waals surface area contributed by atoms with E-state index in [1.807, 2.05) is 19.1 Å². The molecule has 0 aromatic heterocycles. The van der Waals surface area contributed by atoms with Gasteiger partial charge in [-0.3, -0.25) is 4.90 Å². The molecule has 1 atom stereocenters. The zero-order chi connectivity index (χ0) is 13.5. The van der Waals surface area contributed by atoms with Crippen molar-refractivity contribution in [2.24, 2.45) is 0 Å². The topological polar surface area (TPSA) is 21.7 Å². The van der Waals surface area contributed by atoms with Crippen LogP contribution in [0.4, 0.5) is 0 Å². The Hall–Kier alpha value is -1.50. The summed E-state index contributed by atoms with van der Waals surface area (Å²) in [5, 5.41) is 0. The molecule has 102 valence electrons. The van der Waals surface area contributed by atoms with Crippen molar-refractivity contribution in [3.05, 3.63) is 29.8 Å². The minimum atomic E-state index is 0.137. The van der Waals surface area contributed by atoms with Crippen LogP contribution < -0.4 is 4.74 Å². The molecule has 0 radical (unpaired) electrons. The van der Waals surface area contributed by atoms with Gasteiger partial charge in [0, 0.05) is 26.1 Å². The van der Waals surface area contributed by atoms with Gasteiger partial charge in [-0.2, -0.15) is 0 Å². The highest BCUT2D eigenvalue weighted by molar-refractivity contribution is 5.30. The first-order chi connectivity index (χ1) is 9.33. The predicted molar refractivity (Wildman–Crippen MR) is 76.2 cm³/mol. The summed E-state index contributed by atoms with van der Waals surface area (Å²) in [6.07, 6.45) is 1.07. The Balaban J connectivity index is 1.97. The molecule has 1 aliphatic heterocycles. The average molecular weight is 259 g/mol. The summed E-state index contributed by atoms with van der Waals surface area (Å²) in [5.74, 6) is 6.94. The molecule has 1 fully saturated rings. The number of hydrogen-bond acceptors (Lipinski definition) is 3. The Morgan fingerprint density at radius 3 is 3.16 bits per heavy atom. The number of ether oxygens (including phenoxy) is 2. The fraction of sp³-hybridized carbons (Fsp3) is 0.500. The van der Waals surface area contributed by atoms with Gasteiger partial charge in [0.1, 0.15) is 5.75 Å². The van der Waals surface area contributed by atoms with Crippen molar-refractivity contribution in [2.75, 3.05) is 33.4 Å². The highest BCUT2D eigenvalue weighted by atomic mass is 16.5. The summed E-state index contributed by atoms with van der Waals surface area (Å²) in [5.41, 5.74) is 1.19. The Morgan fingerprint density at radius 2 is 2.37 bits per heavy atom. The molecule has 1 saturated heterocycles. The van der Waals surface area contributed by atoms with Crippen LogP contribution in [0, 0.1) is 11.8 Å². The van der Waals surface area contributed by atoms with Crippen LogP contribution in [0.15, 0.2) is 24.3 Å². The fourth-order valence-corrected chi connectivity index (χ4v) is 2.29. The fourth-order valence-electron chi connectivity index (χ4n) is 2.29. The number of methoxy groups -OCH3 is 1. The molecule has 0 unspecified atom stereocenters. The predicted octanol–water partition coefficient (Wildman–Crippen LogP) is 2.48. The highest BCUT2D eigenvalue weighted by Crippen LogP contribution is 2.25. The third-order valence-corrected chi connectivity index (χ3v) is 3.35. The molecule has 0 amide bonds. The van der Waals surface area contributed by atoms with Gasteiger partial charge in [0.05, 0.1) is 19.8 Å². The van der Waals surface area contributed by atoms with E-state index in [0.717, 1.165) is 38.4 Å². The van der Waals surface area contributed by atoms with Crippen LogP contribution in [0.25, 0.3) is 0 Å². The lowest BCUT2D eigenvalue weighted by molar-refractivity contribution is -0.0292. The van der Waals surface area contributed by atoms with Crippen LogP contribution >= 0.6 is 0 Å². The average Bonchev–Trinajstić information content (AvgIpc) is 2.48. The van der Waals surface area contributed by atoms with Crippen molar-refractivity contribution in [2.45, 2.75) is 19.4 Å². The summed E-state index contributed by atoms with van der Waals surface area (Å²) in [4.78, 5) is 2.41. The van der Waals surface area contributed by atoms with Crippen molar-refractivity contribution in [3.63, 3.8) is 0 Å². The first-order valence-corrected chi connectivity index (χ1v) is 6.71. The molecule has 0 bridgehead atoms. The Morgan fingerprint density at radius 1 is 1.47 bits per heavy atom. The summed E-state index contributed by atoms with van der Waals surface area (Å²) < 4.78 is 11.1. The van der Waals surface area contributed by atoms with Gasteiger partial charge in [0.25, 0.3) is 0 Å². The van der Waals surface area contributed by atoms with E-state index in [1.54, 1.807) is 7.11 Å². The van der Waals surface area contributed by atoms with Gasteiger partial charge in [-0.15, -0.1) is 11.8 Å². The molecule has 0 saturated carbocycles. The van der Waals surface area contributed by atoms with E-state index in [0.29, 0.717) is 0 Å². The molecule has 0 aliphatic carbocycles. The first-order valence-electron chi connectivity index (χ1n) is 6.71. The van der Waals surface area contributed by atoms with Crippen molar-refractivity contribution < 1.29 is 9.47 Å². The molecule has 1 aromatic rings. The maximum absolute atomic E-state index is 5.87. The Bertz CT molecular complexity index is 461. The van der Waals surface area contributed by atoms with E-state index in [4.69, 9.17) is 9.47 Å². The van der Waals surface area contributed by atoms with E-state index in [-0.39, 0.29) is 6.10 Å². The third-order valence-electron chi connectivity index (χ3n) is 3.35. The second-order valence-corrected chi connectivity index (χ2v) is 4.61. The number of morpholine rings is 1. The van der Waals surface area contributed by atoms with Crippen molar-refractivity contribution in [3.8, 4) is 17.6 Å². The molecule has 3 nitrogen and oxygen atoms in total. The van der Waals surface area contributed by atoms with E-state index < -0.39 is 0 Å². The zero-order valence-electron chi connectivity index (χ0n) is 11.7. The van der Waals surface area contributed by atoms with Crippen LogP contribution in [-0.2, 0) is 4.74 Å². The lowest BCUT2D eigenvalue weighted by atomic mass is 10.1. The van der Waals surface area contributed by atoms with Gasteiger partial charge < -0.3 is 9.47 Å². The van der Waals surface area contributed by atoms with Crippen LogP contribution in [-0.4, -0.2) is 38.3 Å². The number of nitrogens with zero attached hydrogens (tertiary/aromatic N) is 1. The molecule has 1 heterocycles. The van der Waals surface area contributed by atoms with Gasteiger partial charge in [0.15, 0.2) is 0 Å². The molecule has 0 N–H and O–H groups in total. The minimum absolute atomic E-state index is 0.137. The van der Waals surface area contributed by atoms with Crippen molar-refractivity contribution in [1.29, 1.82) is 0 Å². The van der Waals surface area contributed by atoms with Crippen LogP contribution in [0.5, 0.6) is 5.75 Å². The molecular formula is C16H21NO2. The van der Waals surface area contributed by atoms with E-state index in [2.05, 4.69) is 28.9 Å². The van der Waals surface area contributed by atoms with Crippen LogP contribution in [0.2, 0.25) is 0 Å². The summed E-state index contributed by atoms with van der Waals surface area (Å²) in [6, 6.07) is 8.13. The molecule has 2 rings (SSSR count). The molecular weight excluding hydrogens is 238 g/mol. The summed E-state index contributed by atoms with van der Waals surface area (Å²) in [7, 11) is 1.69. The largest absolute Gasteiger partial charge is 0.497 e. The van der Waals surface area contributed by atoms with Gasteiger partial charge in [-0.25, -0.2) is 0 Å². The van der Waals surface area contributed by atoms with E-state index in [1.165, 1.54) is 5.56 Å². The third kappa shape index (κ3) is 3.99. The SMILES string of the molecule is CC#CCCN1CCO[C@H](c2cccc(OC)c2)C1. The normalized spacial score (nSPS) is 19.6. The van der Waals surface area contributed by atoms with E-state index >= 15 is 0 Å². The number of rotatable bonds is 4. The molecule has 19 heavy (non-hydrogen) atoms. The van der Waals surface area contributed by atoms with Gasteiger partial charge in [-0.05, 0) is 24.6 Å². The first kappa shape index (κ1) is 13.9. The zero-order valence-corrected chi connectivity index (χ0v) is 11.7. The lowest BCUT2D eigenvalue weighted by Gasteiger charge is -2.32. The highest BCUT2D eigenvalue weighted by Gasteiger charge is 2.21. The monoisotopic (exact) mass is 259 g/mol. The summed E-state index contributed by atoms with van der Waals surface area (Å²) in [6.45, 7) is 5.61. The Kier molecular flexibility index (Phi) is 5.26. The van der Waals surface area contributed by atoms with Gasteiger partial charge >= 0.3 is 0 Å². The number of hydrogen-bond donors (Lipinski definition) is 0. The number of benzene rings is 1. The van der Waals surface area contributed by atoms with Gasteiger partial charge in [-0.1, -0.05) is 12.1 Å². The van der Waals surface area contributed by atoms with E-state index in [9.17, 15) is 0 Å². The minimum Gasteiger partial charge on any atom is -0.497 e. The van der Waals surface area contributed by atoms with Crippen molar-refractivity contribution >= 4 is 0 Å². The second kappa shape index (κ2) is 7.18. The second-order valence-electron chi connectivity index (χ2n) is 4.61. The Labute approximate surface area is 115 Å². The van der Waals surface area contributed by atoms with Crippen molar-refractivity contribution in [1.82, 2.24) is 4.90 Å². The van der Waals surface area contributed by atoms with Crippen LogP contribution in [0.3, 0.4) is 0 Å².